The Morgan fingerprint density at radius 1 is 1.04 bits per heavy atom. The number of thiophene rings is 1. The minimum absolute atomic E-state index is 0.0149. The summed E-state index contributed by atoms with van der Waals surface area (Å²) in [5.41, 5.74) is 1.10. The molecule has 3 nitrogen and oxygen atoms in total. The minimum Gasteiger partial charge on any atom is -0.210 e. The molecule has 0 unspecified atom stereocenters. The van der Waals surface area contributed by atoms with E-state index in [9.17, 15) is 8.42 Å². The first kappa shape index (κ1) is 19.6. The molecule has 1 aromatic carbocycles. The van der Waals surface area contributed by atoms with Crippen LogP contribution in [0.5, 0.6) is 0 Å². The molecule has 0 atom stereocenters. The topological polar surface area (TPSA) is 46.2 Å². The molecule has 1 saturated carbocycles. The zero-order chi connectivity index (χ0) is 18.8. The van der Waals surface area contributed by atoms with Crippen LogP contribution in [0.15, 0.2) is 46.7 Å². The van der Waals surface area contributed by atoms with Crippen LogP contribution >= 0.6 is 11.3 Å². The summed E-state index contributed by atoms with van der Waals surface area (Å²) in [6.07, 6.45) is 5.69. The lowest BCUT2D eigenvalue weighted by atomic mass is 9.73. The smallest absolute Gasteiger partial charge is 0.210 e. The normalized spacial score (nSPS) is 18.0. The predicted molar refractivity (Wildman–Crippen MR) is 109 cm³/mol. The largest absolute Gasteiger partial charge is 0.240 e. The molecule has 1 N–H and O–H groups in total. The van der Waals surface area contributed by atoms with Gasteiger partial charge < -0.3 is 0 Å². The van der Waals surface area contributed by atoms with E-state index >= 15 is 0 Å². The highest BCUT2D eigenvalue weighted by Crippen LogP contribution is 2.41. The van der Waals surface area contributed by atoms with Crippen molar-refractivity contribution in [3.63, 3.8) is 0 Å². The molecule has 0 aliphatic heterocycles. The predicted octanol–water partition coefficient (Wildman–Crippen LogP) is 5.23. The van der Waals surface area contributed by atoms with Gasteiger partial charge in [0.25, 0.3) is 0 Å². The molecule has 0 bridgehead atoms. The second kappa shape index (κ2) is 7.45. The van der Waals surface area contributed by atoms with Crippen molar-refractivity contribution in [2.24, 2.45) is 0 Å². The third kappa shape index (κ3) is 4.21. The molecule has 1 fully saturated rings. The van der Waals surface area contributed by atoms with Crippen LogP contribution in [0.25, 0.3) is 0 Å². The average molecular weight is 392 g/mol. The van der Waals surface area contributed by atoms with Gasteiger partial charge in [-0.25, -0.2) is 13.1 Å². The average Bonchev–Trinajstić information content (AvgIpc) is 3.16. The molecule has 1 aliphatic rings. The maximum Gasteiger partial charge on any atom is 0.240 e. The third-order valence-electron chi connectivity index (χ3n) is 5.49. The zero-order valence-corrected chi connectivity index (χ0v) is 17.6. The minimum atomic E-state index is -3.50. The first-order valence-corrected chi connectivity index (χ1v) is 11.7. The number of hydrogen-bond donors (Lipinski definition) is 1. The second-order valence-corrected chi connectivity index (χ2v) is 11.1. The molecule has 2 aromatic rings. The lowest BCUT2D eigenvalue weighted by Gasteiger charge is -2.36. The SMILES string of the molecule is CC(C)(C)c1ccc(S(=O)(=O)NCC2(c3cccs3)CCCCC2)cc1. The summed E-state index contributed by atoms with van der Waals surface area (Å²) >= 11 is 1.74. The van der Waals surface area contributed by atoms with Crippen molar-refractivity contribution < 1.29 is 8.42 Å². The van der Waals surface area contributed by atoms with E-state index in [1.165, 1.54) is 24.1 Å². The fourth-order valence-corrected chi connectivity index (χ4v) is 5.88. The quantitative estimate of drug-likeness (QED) is 0.759. The van der Waals surface area contributed by atoms with Crippen LogP contribution in [0.4, 0.5) is 0 Å². The van der Waals surface area contributed by atoms with Crippen LogP contribution in [0, 0.1) is 0 Å². The number of hydrogen-bond acceptors (Lipinski definition) is 3. The van der Waals surface area contributed by atoms with E-state index in [1.54, 1.807) is 23.5 Å². The third-order valence-corrected chi connectivity index (χ3v) is 8.02. The van der Waals surface area contributed by atoms with Crippen molar-refractivity contribution in [2.45, 2.75) is 68.6 Å². The number of nitrogens with one attached hydrogen (secondary N) is 1. The van der Waals surface area contributed by atoms with Gasteiger partial charge in [-0.3, -0.25) is 0 Å². The van der Waals surface area contributed by atoms with Gasteiger partial charge in [0, 0.05) is 16.8 Å². The lowest BCUT2D eigenvalue weighted by Crippen LogP contribution is -2.41. The van der Waals surface area contributed by atoms with Crippen molar-refractivity contribution >= 4 is 21.4 Å². The van der Waals surface area contributed by atoms with Crippen molar-refractivity contribution in [1.29, 1.82) is 0 Å². The number of benzene rings is 1. The summed E-state index contributed by atoms with van der Waals surface area (Å²) in [5, 5.41) is 2.09. The van der Waals surface area contributed by atoms with E-state index in [2.05, 4.69) is 43.0 Å². The molecule has 26 heavy (non-hydrogen) atoms. The molecule has 142 valence electrons. The Hall–Kier alpha value is -1.17. The van der Waals surface area contributed by atoms with Gasteiger partial charge in [-0.05, 0) is 47.4 Å². The maximum atomic E-state index is 12.8. The van der Waals surface area contributed by atoms with E-state index < -0.39 is 10.0 Å². The Morgan fingerprint density at radius 2 is 1.69 bits per heavy atom. The van der Waals surface area contributed by atoms with Gasteiger partial charge in [0.1, 0.15) is 0 Å². The Bertz CT molecular complexity index is 810. The fourth-order valence-electron chi connectivity index (χ4n) is 3.77. The van der Waals surface area contributed by atoms with Gasteiger partial charge in [0.15, 0.2) is 0 Å². The van der Waals surface area contributed by atoms with Crippen LogP contribution in [0.3, 0.4) is 0 Å². The molecule has 3 rings (SSSR count). The highest BCUT2D eigenvalue weighted by Gasteiger charge is 2.36. The van der Waals surface area contributed by atoms with E-state index in [-0.39, 0.29) is 10.8 Å². The van der Waals surface area contributed by atoms with Crippen LogP contribution in [-0.2, 0) is 20.9 Å². The standard InChI is InChI=1S/C21H29NO2S2/c1-20(2,3)17-9-11-18(12-10-17)26(23,24)22-16-21(13-5-4-6-14-21)19-8-7-15-25-19/h7-12,15,22H,4-6,13-14,16H2,1-3H3. The molecule has 1 aliphatic carbocycles. The molecule has 1 aromatic heterocycles. The van der Waals surface area contributed by atoms with Crippen molar-refractivity contribution in [3.05, 3.63) is 52.2 Å². The molecular formula is C21H29NO2S2. The van der Waals surface area contributed by atoms with Crippen LogP contribution in [-0.4, -0.2) is 15.0 Å². The van der Waals surface area contributed by atoms with Gasteiger partial charge in [-0.2, -0.15) is 0 Å². The fraction of sp³-hybridized carbons (Fsp3) is 0.524. The Balaban J connectivity index is 1.78. The highest BCUT2D eigenvalue weighted by atomic mass is 32.2. The van der Waals surface area contributed by atoms with Gasteiger partial charge >= 0.3 is 0 Å². The van der Waals surface area contributed by atoms with E-state index in [1.807, 2.05) is 12.1 Å². The molecule has 0 amide bonds. The Morgan fingerprint density at radius 3 is 2.23 bits per heavy atom. The number of rotatable bonds is 5. The van der Waals surface area contributed by atoms with E-state index in [0.717, 1.165) is 18.4 Å². The zero-order valence-electron chi connectivity index (χ0n) is 15.9. The first-order valence-electron chi connectivity index (χ1n) is 9.37. The number of sulfonamides is 1. The molecule has 1 heterocycles. The summed E-state index contributed by atoms with van der Waals surface area (Å²) in [4.78, 5) is 1.66. The van der Waals surface area contributed by atoms with E-state index in [0.29, 0.717) is 11.4 Å². The molecule has 0 spiro atoms. The van der Waals surface area contributed by atoms with Gasteiger partial charge in [0.2, 0.25) is 10.0 Å². The van der Waals surface area contributed by atoms with Crippen LogP contribution in [0.1, 0.15) is 63.3 Å². The van der Waals surface area contributed by atoms with Crippen molar-refractivity contribution in [2.75, 3.05) is 6.54 Å². The van der Waals surface area contributed by atoms with Crippen molar-refractivity contribution in [1.82, 2.24) is 4.72 Å². The maximum absolute atomic E-state index is 12.8. The lowest BCUT2D eigenvalue weighted by molar-refractivity contribution is 0.298. The monoisotopic (exact) mass is 391 g/mol. The van der Waals surface area contributed by atoms with Gasteiger partial charge in [-0.15, -0.1) is 11.3 Å². The highest BCUT2D eigenvalue weighted by molar-refractivity contribution is 7.89. The molecule has 0 saturated heterocycles. The molecular weight excluding hydrogens is 362 g/mol. The molecule has 5 heteroatoms. The Labute approximate surface area is 161 Å². The second-order valence-electron chi connectivity index (χ2n) is 8.42. The summed E-state index contributed by atoms with van der Waals surface area (Å²) < 4.78 is 28.6. The summed E-state index contributed by atoms with van der Waals surface area (Å²) in [7, 11) is -3.50. The van der Waals surface area contributed by atoms with Gasteiger partial charge in [-0.1, -0.05) is 58.2 Å². The van der Waals surface area contributed by atoms with Crippen LogP contribution in [0.2, 0.25) is 0 Å². The van der Waals surface area contributed by atoms with Crippen molar-refractivity contribution in [3.8, 4) is 0 Å². The van der Waals surface area contributed by atoms with Gasteiger partial charge in [0.05, 0.1) is 4.90 Å². The molecule has 0 radical (unpaired) electrons. The van der Waals surface area contributed by atoms with E-state index in [4.69, 9.17) is 0 Å². The first-order chi connectivity index (χ1) is 12.2. The summed E-state index contributed by atoms with van der Waals surface area (Å²) in [6.45, 7) is 6.87. The van der Waals surface area contributed by atoms with Crippen LogP contribution < -0.4 is 4.72 Å². The summed E-state index contributed by atoms with van der Waals surface area (Å²) in [6, 6.07) is 11.5. The summed E-state index contributed by atoms with van der Waals surface area (Å²) in [5.74, 6) is 0. The Kier molecular flexibility index (Phi) is 5.61.